The van der Waals surface area contributed by atoms with E-state index in [2.05, 4.69) is 15.4 Å². The van der Waals surface area contributed by atoms with Crippen LogP contribution in [-0.2, 0) is 14.8 Å². The lowest BCUT2D eigenvalue weighted by atomic mass is 10.2. The van der Waals surface area contributed by atoms with E-state index >= 15 is 0 Å². The molecule has 118 valence electrons. The summed E-state index contributed by atoms with van der Waals surface area (Å²) in [4.78, 5) is 11.7. The molecule has 0 saturated heterocycles. The van der Waals surface area contributed by atoms with Gasteiger partial charge >= 0.3 is 0 Å². The van der Waals surface area contributed by atoms with E-state index in [1.165, 1.54) is 12.1 Å². The molecule has 6 nitrogen and oxygen atoms in total. The predicted molar refractivity (Wildman–Crippen MR) is 81.3 cm³/mol. The summed E-state index contributed by atoms with van der Waals surface area (Å²) < 4.78 is 37.8. The number of hydrogen-bond donors (Lipinski definition) is 3. The highest BCUT2D eigenvalue weighted by Crippen LogP contribution is 2.20. The van der Waals surface area contributed by atoms with Gasteiger partial charge in [0.15, 0.2) is 0 Å². The Hall–Kier alpha value is -1.67. The summed E-state index contributed by atoms with van der Waals surface area (Å²) in [7, 11) is -3.58. The molecule has 1 aromatic carbocycles. The van der Waals surface area contributed by atoms with Crippen molar-refractivity contribution in [2.45, 2.75) is 26.3 Å². The molecule has 0 heterocycles. The third-order valence-corrected chi connectivity index (χ3v) is 3.36. The number of halogens is 1. The lowest BCUT2D eigenvalue weighted by Gasteiger charge is -2.12. The van der Waals surface area contributed by atoms with Crippen molar-refractivity contribution in [1.29, 1.82) is 0 Å². The highest BCUT2D eigenvalue weighted by molar-refractivity contribution is 7.92. The van der Waals surface area contributed by atoms with Crippen molar-refractivity contribution in [2.75, 3.05) is 22.8 Å². The first-order valence-electron chi connectivity index (χ1n) is 6.52. The van der Waals surface area contributed by atoms with Gasteiger partial charge in [-0.1, -0.05) is 6.92 Å². The molecular formula is C13H20FN3O3S. The Bertz CT molecular complexity index is 605. The minimum Gasteiger partial charge on any atom is -0.325 e. The molecular weight excluding hydrogens is 297 g/mol. The smallest absolute Gasteiger partial charge is 0.238 e. The maximum absolute atomic E-state index is 13.5. The Labute approximate surface area is 124 Å². The third-order valence-electron chi connectivity index (χ3n) is 2.77. The van der Waals surface area contributed by atoms with Crippen LogP contribution in [0.1, 0.15) is 20.3 Å². The largest absolute Gasteiger partial charge is 0.325 e. The van der Waals surface area contributed by atoms with Gasteiger partial charge in [0.1, 0.15) is 5.82 Å². The van der Waals surface area contributed by atoms with Gasteiger partial charge in [0.05, 0.1) is 18.5 Å². The number of carbonyl (C=O) groups is 1. The average molecular weight is 317 g/mol. The molecule has 0 radical (unpaired) electrons. The van der Waals surface area contributed by atoms with Gasteiger partial charge in [0, 0.05) is 11.7 Å². The summed E-state index contributed by atoms with van der Waals surface area (Å²) in [6.45, 7) is 4.08. The summed E-state index contributed by atoms with van der Waals surface area (Å²) in [5, 5.41) is 5.59. The molecule has 1 rings (SSSR count). The standard InChI is InChI=1S/C13H20FN3O3S/c1-4-9(2)15-8-13(18)16-10-5-6-11(14)12(7-10)17-21(3,19)20/h5-7,9,15,17H,4,8H2,1-3H3,(H,16,18). The summed E-state index contributed by atoms with van der Waals surface area (Å²) in [6, 6.07) is 3.90. The average Bonchev–Trinajstić information content (AvgIpc) is 2.38. The highest BCUT2D eigenvalue weighted by atomic mass is 32.2. The molecule has 0 spiro atoms. The minimum atomic E-state index is -3.58. The molecule has 0 fully saturated rings. The first kappa shape index (κ1) is 17.4. The van der Waals surface area contributed by atoms with Gasteiger partial charge in [-0.15, -0.1) is 0 Å². The molecule has 21 heavy (non-hydrogen) atoms. The second-order valence-electron chi connectivity index (χ2n) is 4.81. The van der Waals surface area contributed by atoms with Gasteiger partial charge < -0.3 is 10.6 Å². The van der Waals surface area contributed by atoms with Crippen LogP contribution in [-0.4, -0.2) is 33.2 Å². The molecule has 0 aliphatic carbocycles. The van der Waals surface area contributed by atoms with Gasteiger partial charge in [0.25, 0.3) is 0 Å². The van der Waals surface area contributed by atoms with Gasteiger partial charge in [-0.25, -0.2) is 12.8 Å². The molecule has 0 bridgehead atoms. The zero-order chi connectivity index (χ0) is 16.0. The fourth-order valence-electron chi connectivity index (χ4n) is 1.50. The SMILES string of the molecule is CCC(C)NCC(=O)Nc1ccc(F)c(NS(C)(=O)=O)c1. The number of anilines is 2. The van der Waals surface area contributed by atoms with Crippen molar-refractivity contribution in [2.24, 2.45) is 0 Å². The Morgan fingerprint density at radius 3 is 2.62 bits per heavy atom. The fraction of sp³-hybridized carbons (Fsp3) is 0.462. The van der Waals surface area contributed by atoms with Crippen LogP contribution in [0.25, 0.3) is 0 Å². The molecule has 1 atom stereocenters. The van der Waals surface area contributed by atoms with Crippen LogP contribution in [0.3, 0.4) is 0 Å². The minimum absolute atomic E-state index is 0.126. The first-order valence-corrected chi connectivity index (χ1v) is 8.41. The van der Waals surface area contributed by atoms with E-state index in [4.69, 9.17) is 0 Å². The maximum Gasteiger partial charge on any atom is 0.238 e. The van der Waals surface area contributed by atoms with Crippen LogP contribution in [0, 0.1) is 5.82 Å². The van der Waals surface area contributed by atoms with E-state index in [9.17, 15) is 17.6 Å². The molecule has 3 N–H and O–H groups in total. The molecule has 1 unspecified atom stereocenters. The van der Waals surface area contributed by atoms with Gasteiger partial charge in [0.2, 0.25) is 15.9 Å². The molecule has 8 heteroatoms. The fourth-order valence-corrected chi connectivity index (χ4v) is 2.05. The quantitative estimate of drug-likeness (QED) is 0.711. The molecule has 0 aliphatic heterocycles. The van der Waals surface area contributed by atoms with E-state index in [1.54, 1.807) is 0 Å². The van der Waals surface area contributed by atoms with Crippen molar-refractivity contribution in [1.82, 2.24) is 5.32 Å². The maximum atomic E-state index is 13.5. The number of nitrogens with one attached hydrogen (secondary N) is 3. The number of rotatable bonds is 7. The summed E-state index contributed by atoms with van der Waals surface area (Å²) in [6.07, 6.45) is 1.82. The molecule has 0 saturated carbocycles. The van der Waals surface area contributed by atoms with Crippen molar-refractivity contribution in [3.8, 4) is 0 Å². The summed E-state index contributed by atoms with van der Waals surface area (Å²) in [5.41, 5.74) is 0.115. The highest BCUT2D eigenvalue weighted by Gasteiger charge is 2.10. The van der Waals surface area contributed by atoms with Crippen LogP contribution in [0.4, 0.5) is 15.8 Å². The lowest BCUT2D eigenvalue weighted by Crippen LogP contribution is -2.33. The number of sulfonamides is 1. The van der Waals surface area contributed by atoms with Crippen molar-refractivity contribution in [3.63, 3.8) is 0 Å². The Kier molecular flexibility index (Phi) is 6.10. The number of benzene rings is 1. The van der Waals surface area contributed by atoms with E-state index in [1.807, 2.05) is 13.8 Å². The van der Waals surface area contributed by atoms with Crippen LogP contribution in [0.15, 0.2) is 18.2 Å². The molecule has 0 aliphatic rings. The zero-order valence-corrected chi connectivity index (χ0v) is 13.1. The topological polar surface area (TPSA) is 87.3 Å². The third kappa shape index (κ3) is 6.54. The molecule has 1 amide bonds. The summed E-state index contributed by atoms with van der Waals surface area (Å²) in [5.74, 6) is -0.997. The van der Waals surface area contributed by atoms with Gasteiger partial charge in [-0.2, -0.15) is 0 Å². The van der Waals surface area contributed by atoms with Crippen LogP contribution < -0.4 is 15.4 Å². The van der Waals surface area contributed by atoms with Crippen LogP contribution in [0.2, 0.25) is 0 Å². The second kappa shape index (κ2) is 7.37. The zero-order valence-electron chi connectivity index (χ0n) is 12.2. The van der Waals surface area contributed by atoms with Crippen molar-refractivity contribution >= 4 is 27.3 Å². The molecule has 1 aromatic rings. The molecule has 0 aromatic heterocycles. The number of amides is 1. The van der Waals surface area contributed by atoms with Gasteiger partial charge in [-0.3, -0.25) is 9.52 Å². The predicted octanol–water partition coefficient (Wildman–Crippen LogP) is 1.52. The summed E-state index contributed by atoms with van der Waals surface area (Å²) >= 11 is 0. The first-order chi connectivity index (χ1) is 9.71. The van der Waals surface area contributed by atoms with E-state index < -0.39 is 15.8 Å². The number of hydrogen-bond acceptors (Lipinski definition) is 4. The van der Waals surface area contributed by atoms with Crippen molar-refractivity contribution in [3.05, 3.63) is 24.0 Å². The Morgan fingerprint density at radius 2 is 2.05 bits per heavy atom. The van der Waals surface area contributed by atoms with Crippen LogP contribution in [0.5, 0.6) is 0 Å². The Morgan fingerprint density at radius 1 is 1.38 bits per heavy atom. The van der Waals surface area contributed by atoms with Crippen molar-refractivity contribution < 1.29 is 17.6 Å². The number of carbonyl (C=O) groups excluding carboxylic acids is 1. The van der Waals surface area contributed by atoms with Gasteiger partial charge in [-0.05, 0) is 31.5 Å². The van der Waals surface area contributed by atoms with E-state index in [0.717, 1.165) is 18.7 Å². The van der Waals surface area contributed by atoms with E-state index in [0.29, 0.717) is 5.69 Å². The van der Waals surface area contributed by atoms with Crippen LogP contribution >= 0.6 is 0 Å². The van der Waals surface area contributed by atoms with E-state index in [-0.39, 0.29) is 24.2 Å². The Balaban J connectivity index is 2.72. The normalized spacial score (nSPS) is 12.8. The lowest BCUT2D eigenvalue weighted by molar-refractivity contribution is -0.115. The second-order valence-corrected chi connectivity index (χ2v) is 6.56. The monoisotopic (exact) mass is 317 g/mol.